The predicted octanol–water partition coefficient (Wildman–Crippen LogP) is 7.58. The van der Waals surface area contributed by atoms with Gasteiger partial charge in [-0.05, 0) is 79.9 Å². The van der Waals surface area contributed by atoms with Crippen molar-refractivity contribution in [1.29, 1.82) is 0 Å². The number of para-hydroxylation sites is 1. The summed E-state index contributed by atoms with van der Waals surface area (Å²) < 4.78 is 20.6. The molecule has 0 aliphatic heterocycles. The van der Waals surface area contributed by atoms with Crippen LogP contribution in [0.1, 0.15) is 48.1 Å². The Balaban J connectivity index is 1.59. The number of nitrogens with zero attached hydrogens (tertiary/aromatic N) is 3. The largest absolute Gasteiger partial charge is 0.462 e. The van der Waals surface area contributed by atoms with Crippen LogP contribution in [0.2, 0.25) is 5.02 Å². The summed E-state index contributed by atoms with van der Waals surface area (Å²) in [5.41, 5.74) is 2.30. The molecule has 2 amide bonds. The summed E-state index contributed by atoms with van der Waals surface area (Å²) in [7, 11) is 0. The standard InChI is InChI=1S/C35H32ClFN4O4/c1-3-31(32-39-30-13-9-8-12-27(30)33(42)41(32)26-18-19-29(37)28(36)22-26)40(21-20-23-10-6-5-7-11-23)35(44)38-25-16-14-24(15-17-25)34(43)45-4-2/h5-19,22,31H,3-4,20-21H2,1-2H3,(H,38,44). The van der Waals surface area contributed by atoms with Gasteiger partial charge in [-0.3, -0.25) is 9.36 Å². The Morgan fingerprint density at radius 3 is 2.38 bits per heavy atom. The third-order valence-corrected chi connectivity index (χ3v) is 7.71. The van der Waals surface area contributed by atoms with Crippen molar-refractivity contribution in [3.8, 4) is 5.69 Å². The molecule has 4 aromatic carbocycles. The quantitative estimate of drug-likeness (QED) is 0.161. The van der Waals surface area contributed by atoms with Crippen LogP contribution in [0, 0.1) is 5.82 Å². The number of halogens is 2. The van der Waals surface area contributed by atoms with Crippen molar-refractivity contribution in [2.24, 2.45) is 0 Å². The number of ether oxygens (including phenoxy) is 1. The van der Waals surface area contributed by atoms with E-state index in [4.69, 9.17) is 21.3 Å². The van der Waals surface area contributed by atoms with Crippen LogP contribution >= 0.6 is 11.6 Å². The summed E-state index contributed by atoms with van der Waals surface area (Å²) in [6, 6.07) is 26.1. The van der Waals surface area contributed by atoms with Crippen LogP contribution in [-0.2, 0) is 11.2 Å². The van der Waals surface area contributed by atoms with Crippen molar-refractivity contribution in [3.05, 3.63) is 135 Å². The van der Waals surface area contributed by atoms with Gasteiger partial charge in [0.2, 0.25) is 0 Å². The fraction of sp³-hybridized carbons (Fsp3) is 0.200. The summed E-state index contributed by atoms with van der Waals surface area (Å²) in [4.78, 5) is 46.7. The van der Waals surface area contributed by atoms with E-state index in [1.54, 1.807) is 60.4 Å². The minimum atomic E-state index is -0.673. The highest BCUT2D eigenvalue weighted by molar-refractivity contribution is 6.30. The topological polar surface area (TPSA) is 93.5 Å². The van der Waals surface area contributed by atoms with Crippen molar-refractivity contribution in [2.45, 2.75) is 32.7 Å². The van der Waals surface area contributed by atoms with E-state index in [0.29, 0.717) is 53.1 Å². The second-order valence-corrected chi connectivity index (χ2v) is 10.7. The summed E-state index contributed by atoms with van der Waals surface area (Å²) in [5, 5.41) is 3.17. The number of carbonyl (C=O) groups excluding carboxylic acids is 2. The molecule has 1 atom stereocenters. The van der Waals surface area contributed by atoms with Gasteiger partial charge in [-0.2, -0.15) is 0 Å². The Hall–Kier alpha value is -5.02. The average molecular weight is 627 g/mol. The second-order valence-electron chi connectivity index (χ2n) is 10.3. The van der Waals surface area contributed by atoms with Gasteiger partial charge in [-0.15, -0.1) is 0 Å². The van der Waals surface area contributed by atoms with E-state index in [1.807, 2.05) is 37.3 Å². The van der Waals surface area contributed by atoms with E-state index in [-0.39, 0.29) is 17.2 Å². The second kappa shape index (κ2) is 14.2. The van der Waals surface area contributed by atoms with Gasteiger partial charge in [-0.1, -0.05) is 61.0 Å². The lowest BCUT2D eigenvalue weighted by Crippen LogP contribution is -2.42. The summed E-state index contributed by atoms with van der Waals surface area (Å²) >= 11 is 6.15. The molecule has 45 heavy (non-hydrogen) atoms. The fourth-order valence-corrected chi connectivity index (χ4v) is 5.36. The number of aromatic nitrogens is 2. The molecule has 0 bridgehead atoms. The van der Waals surface area contributed by atoms with Crippen LogP contribution in [-0.4, -0.2) is 39.6 Å². The zero-order valence-electron chi connectivity index (χ0n) is 24.9. The molecule has 1 N–H and O–H groups in total. The molecule has 5 aromatic rings. The molecule has 1 heterocycles. The van der Waals surface area contributed by atoms with E-state index in [9.17, 15) is 18.8 Å². The maximum Gasteiger partial charge on any atom is 0.338 e. The van der Waals surface area contributed by atoms with E-state index >= 15 is 0 Å². The third kappa shape index (κ3) is 7.05. The number of anilines is 1. The number of fused-ring (bicyclic) bond motifs is 1. The third-order valence-electron chi connectivity index (χ3n) is 7.42. The van der Waals surface area contributed by atoms with Crippen molar-refractivity contribution < 1.29 is 18.7 Å². The SMILES string of the molecule is CCOC(=O)c1ccc(NC(=O)N(CCc2ccccc2)C(CC)c2nc3ccccc3c(=O)n2-c2ccc(F)c(Cl)c2)cc1. The number of hydrogen-bond acceptors (Lipinski definition) is 5. The van der Waals surface area contributed by atoms with Crippen molar-refractivity contribution >= 4 is 40.2 Å². The van der Waals surface area contributed by atoms with Crippen LogP contribution in [0.5, 0.6) is 0 Å². The van der Waals surface area contributed by atoms with Gasteiger partial charge in [0, 0.05) is 12.2 Å². The molecule has 0 aliphatic rings. The number of carbonyl (C=O) groups is 2. The van der Waals surface area contributed by atoms with Gasteiger partial charge in [-0.25, -0.2) is 19.0 Å². The van der Waals surface area contributed by atoms with Crippen molar-refractivity contribution in [3.63, 3.8) is 0 Å². The predicted molar refractivity (Wildman–Crippen MR) is 174 cm³/mol. The lowest BCUT2D eigenvalue weighted by atomic mass is 10.1. The lowest BCUT2D eigenvalue weighted by molar-refractivity contribution is 0.0526. The molecule has 8 nitrogen and oxygen atoms in total. The molecule has 5 rings (SSSR count). The number of urea groups is 1. The number of amides is 2. The molecule has 230 valence electrons. The Labute approximate surface area is 265 Å². The fourth-order valence-electron chi connectivity index (χ4n) is 5.18. The molecule has 0 spiro atoms. The first-order valence-corrected chi connectivity index (χ1v) is 15.0. The summed E-state index contributed by atoms with van der Waals surface area (Å²) in [6.45, 7) is 4.19. The Morgan fingerprint density at radius 2 is 1.69 bits per heavy atom. The van der Waals surface area contributed by atoms with E-state index < -0.39 is 23.9 Å². The minimum absolute atomic E-state index is 0.142. The zero-order chi connectivity index (χ0) is 31.9. The highest BCUT2D eigenvalue weighted by Crippen LogP contribution is 2.28. The number of rotatable bonds is 10. The first kappa shape index (κ1) is 31.4. The van der Waals surface area contributed by atoms with Gasteiger partial charge in [0.25, 0.3) is 5.56 Å². The maximum atomic E-state index is 14.2. The van der Waals surface area contributed by atoms with Gasteiger partial charge in [0.05, 0.1) is 39.8 Å². The van der Waals surface area contributed by atoms with Crippen LogP contribution in [0.15, 0.2) is 102 Å². The normalized spacial score (nSPS) is 11.6. The van der Waals surface area contributed by atoms with Crippen molar-refractivity contribution in [2.75, 3.05) is 18.5 Å². The highest BCUT2D eigenvalue weighted by Gasteiger charge is 2.29. The molecular weight excluding hydrogens is 595 g/mol. The van der Waals surface area contributed by atoms with Crippen LogP contribution in [0.3, 0.4) is 0 Å². The number of nitrogens with one attached hydrogen (secondary N) is 1. The van der Waals surface area contributed by atoms with Gasteiger partial charge in [0.15, 0.2) is 0 Å². The molecule has 1 aromatic heterocycles. The van der Waals surface area contributed by atoms with Gasteiger partial charge < -0.3 is 15.0 Å². The molecule has 0 aliphatic carbocycles. The molecule has 0 radical (unpaired) electrons. The summed E-state index contributed by atoms with van der Waals surface area (Å²) in [5.74, 6) is -0.759. The maximum absolute atomic E-state index is 14.2. The van der Waals surface area contributed by atoms with Crippen molar-refractivity contribution in [1.82, 2.24) is 14.5 Å². The zero-order valence-corrected chi connectivity index (χ0v) is 25.6. The molecule has 10 heteroatoms. The monoisotopic (exact) mass is 626 g/mol. The minimum Gasteiger partial charge on any atom is -0.462 e. The molecule has 0 saturated heterocycles. The molecule has 0 saturated carbocycles. The van der Waals surface area contributed by atoms with E-state index in [2.05, 4.69) is 5.32 Å². The Morgan fingerprint density at radius 1 is 0.978 bits per heavy atom. The first-order chi connectivity index (χ1) is 21.8. The van der Waals surface area contributed by atoms with Gasteiger partial charge in [0.1, 0.15) is 11.6 Å². The lowest BCUT2D eigenvalue weighted by Gasteiger charge is -2.32. The average Bonchev–Trinajstić information content (AvgIpc) is 3.05. The van der Waals surface area contributed by atoms with E-state index in [1.165, 1.54) is 22.8 Å². The molecule has 0 fully saturated rings. The summed E-state index contributed by atoms with van der Waals surface area (Å²) in [6.07, 6.45) is 0.941. The van der Waals surface area contributed by atoms with Crippen LogP contribution in [0.25, 0.3) is 16.6 Å². The number of benzene rings is 4. The Bertz CT molecular complexity index is 1880. The highest BCUT2D eigenvalue weighted by atomic mass is 35.5. The van der Waals surface area contributed by atoms with Crippen LogP contribution < -0.4 is 10.9 Å². The molecular formula is C35H32ClFN4O4. The first-order valence-electron chi connectivity index (χ1n) is 14.7. The smallest absolute Gasteiger partial charge is 0.338 e. The van der Waals surface area contributed by atoms with E-state index in [0.717, 1.165) is 5.56 Å². The number of hydrogen-bond donors (Lipinski definition) is 1. The Kier molecular flexibility index (Phi) is 9.89. The van der Waals surface area contributed by atoms with Crippen LogP contribution in [0.4, 0.5) is 14.9 Å². The number of esters is 1. The van der Waals surface area contributed by atoms with Gasteiger partial charge >= 0.3 is 12.0 Å². The molecule has 1 unspecified atom stereocenters.